The van der Waals surface area contributed by atoms with Gasteiger partial charge >= 0.3 is 12.1 Å². The molecule has 1 aromatic carbocycles. The molecule has 7 atom stereocenters. The molecule has 6 amide bonds. The fourth-order valence-electron chi connectivity index (χ4n) is 7.50. The van der Waals surface area contributed by atoms with E-state index in [9.17, 15) is 33.6 Å². The maximum absolute atomic E-state index is 14.4. The molecule has 15 nitrogen and oxygen atoms in total. The molecule has 0 bridgehead atoms. The summed E-state index contributed by atoms with van der Waals surface area (Å²) in [6.07, 6.45) is 2.19. The molecule has 0 radical (unpaired) electrons. The van der Waals surface area contributed by atoms with Crippen molar-refractivity contribution >= 4 is 41.6 Å². The van der Waals surface area contributed by atoms with Gasteiger partial charge in [-0.3, -0.25) is 24.0 Å². The third-order valence-electron chi connectivity index (χ3n) is 10.0. The quantitative estimate of drug-likeness (QED) is 0.377. The Kier molecular flexibility index (Phi) is 12.1. The number of amides is 6. The summed E-state index contributed by atoms with van der Waals surface area (Å²) in [5.74, 6) is -3.47. The predicted molar refractivity (Wildman–Crippen MR) is 187 cm³/mol. The lowest BCUT2D eigenvalue weighted by Gasteiger charge is -2.39. The van der Waals surface area contributed by atoms with Crippen LogP contribution in [0.4, 0.5) is 4.79 Å². The lowest BCUT2D eigenvalue weighted by atomic mass is 9.99. The summed E-state index contributed by atoms with van der Waals surface area (Å²) in [7, 11) is 0. The number of rotatable bonds is 5. The maximum Gasteiger partial charge on any atom is 0.408 e. The molecule has 0 spiro atoms. The van der Waals surface area contributed by atoms with Gasteiger partial charge in [-0.25, -0.2) is 9.59 Å². The number of hydrogen-bond acceptors (Lipinski definition) is 9. The minimum Gasteiger partial charge on any atom is -0.461 e. The lowest BCUT2D eigenvalue weighted by molar-refractivity contribution is -0.158. The van der Waals surface area contributed by atoms with Gasteiger partial charge < -0.3 is 40.1 Å². The van der Waals surface area contributed by atoms with E-state index < -0.39 is 84.2 Å². The highest BCUT2D eigenvalue weighted by atomic mass is 16.6. The largest absolute Gasteiger partial charge is 0.461 e. The Morgan fingerprint density at radius 1 is 0.885 bits per heavy atom. The normalized spacial score (nSPS) is 28.2. The molecule has 3 N–H and O–H groups in total. The number of ether oxygens (including phenoxy) is 2. The minimum absolute atomic E-state index is 0.0434. The second-order valence-electron chi connectivity index (χ2n) is 15.4. The Balaban J connectivity index is 1.47. The highest BCUT2D eigenvalue weighted by Crippen LogP contribution is 2.28. The molecule has 4 saturated heterocycles. The smallest absolute Gasteiger partial charge is 0.408 e. The van der Waals surface area contributed by atoms with Crippen molar-refractivity contribution < 1.29 is 43.0 Å². The number of esters is 1. The van der Waals surface area contributed by atoms with Crippen LogP contribution in [-0.2, 0) is 44.7 Å². The van der Waals surface area contributed by atoms with Gasteiger partial charge in [-0.1, -0.05) is 37.3 Å². The summed E-state index contributed by atoms with van der Waals surface area (Å²) in [4.78, 5) is 101. The molecule has 4 heterocycles. The van der Waals surface area contributed by atoms with Gasteiger partial charge in [0.1, 0.15) is 48.5 Å². The Labute approximate surface area is 304 Å². The fraction of sp³-hybridized carbons (Fsp3) is 0.649. The summed E-state index contributed by atoms with van der Waals surface area (Å²) < 4.78 is 11.1. The number of nitrogens with zero attached hydrogens (tertiary/aromatic N) is 3. The van der Waals surface area contributed by atoms with Crippen LogP contribution in [0.1, 0.15) is 78.7 Å². The van der Waals surface area contributed by atoms with Crippen molar-refractivity contribution in [2.24, 2.45) is 5.92 Å². The first kappa shape index (κ1) is 38.5. The molecule has 5 rings (SSSR count). The lowest BCUT2D eigenvalue weighted by Crippen LogP contribution is -2.62. The molecular formula is C37H52N6O9. The van der Waals surface area contributed by atoms with Crippen molar-refractivity contribution in [3.8, 4) is 0 Å². The fourth-order valence-corrected chi connectivity index (χ4v) is 7.50. The molecule has 1 aromatic rings. The van der Waals surface area contributed by atoms with E-state index in [-0.39, 0.29) is 31.3 Å². The van der Waals surface area contributed by atoms with Crippen LogP contribution in [0.25, 0.3) is 0 Å². The highest BCUT2D eigenvalue weighted by Gasteiger charge is 2.46. The molecule has 52 heavy (non-hydrogen) atoms. The van der Waals surface area contributed by atoms with Gasteiger partial charge in [-0.2, -0.15) is 0 Å². The topological polar surface area (TPSA) is 184 Å². The average molecular weight is 725 g/mol. The van der Waals surface area contributed by atoms with Gasteiger partial charge in [-0.15, -0.1) is 0 Å². The van der Waals surface area contributed by atoms with E-state index in [4.69, 9.17) is 9.47 Å². The second kappa shape index (κ2) is 16.3. The van der Waals surface area contributed by atoms with E-state index in [2.05, 4.69) is 16.0 Å². The van der Waals surface area contributed by atoms with Gasteiger partial charge in [0.25, 0.3) is 0 Å². The Morgan fingerprint density at radius 2 is 1.56 bits per heavy atom. The van der Waals surface area contributed by atoms with E-state index in [1.165, 1.54) is 14.7 Å². The van der Waals surface area contributed by atoms with Crippen molar-refractivity contribution in [3.05, 3.63) is 35.9 Å². The van der Waals surface area contributed by atoms with Crippen molar-refractivity contribution in [1.82, 2.24) is 30.7 Å². The molecule has 4 fully saturated rings. The summed E-state index contributed by atoms with van der Waals surface area (Å²) in [6, 6.07) is 2.71. The maximum atomic E-state index is 14.4. The van der Waals surface area contributed by atoms with Crippen LogP contribution in [0.3, 0.4) is 0 Å². The molecule has 4 aliphatic rings. The number of nitrogens with one attached hydrogen (secondary N) is 3. The van der Waals surface area contributed by atoms with Crippen molar-refractivity contribution in [3.63, 3.8) is 0 Å². The number of carbonyl (C=O) groups excluding carboxylic acids is 7. The third kappa shape index (κ3) is 9.20. The molecular weight excluding hydrogens is 672 g/mol. The van der Waals surface area contributed by atoms with Crippen LogP contribution < -0.4 is 16.0 Å². The Hall–Kier alpha value is -4.69. The first-order valence-electron chi connectivity index (χ1n) is 18.3. The zero-order valence-electron chi connectivity index (χ0n) is 30.7. The minimum atomic E-state index is -1.43. The van der Waals surface area contributed by atoms with E-state index in [1.807, 2.05) is 13.0 Å². The van der Waals surface area contributed by atoms with Gasteiger partial charge in [0.05, 0.1) is 0 Å². The SMILES string of the molecule is C[C@@H]1C[C@H]2C(=O)OC[C@H](NC(=O)[C@H](Cc3ccccc3)NC(=O)OC(C)(C)C)C(=O)N3CCC[C@H]3C(=O)N3CCCC[C@H]3C(=O)N[C@@H](C)C(=O)N2C1. The zero-order chi connectivity index (χ0) is 37.7. The third-order valence-corrected chi connectivity index (χ3v) is 10.0. The number of benzene rings is 1. The Bertz CT molecular complexity index is 1530. The molecule has 0 saturated carbocycles. The first-order chi connectivity index (χ1) is 24.6. The summed E-state index contributed by atoms with van der Waals surface area (Å²) >= 11 is 0. The predicted octanol–water partition coefficient (Wildman–Crippen LogP) is 1.28. The van der Waals surface area contributed by atoms with Gasteiger partial charge in [0, 0.05) is 26.1 Å². The van der Waals surface area contributed by atoms with E-state index >= 15 is 0 Å². The molecule has 0 aromatic heterocycles. The van der Waals surface area contributed by atoms with E-state index in [0.29, 0.717) is 45.1 Å². The monoisotopic (exact) mass is 724 g/mol. The number of cyclic esters (lactones) is 1. The van der Waals surface area contributed by atoms with E-state index in [1.54, 1.807) is 52.0 Å². The Morgan fingerprint density at radius 3 is 2.27 bits per heavy atom. The zero-order valence-corrected chi connectivity index (χ0v) is 30.7. The van der Waals surface area contributed by atoms with Crippen molar-refractivity contribution in [1.29, 1.82) is 0 Å². The molecule has 0 unspecified atom stereocenters. The summed E-state index contributed by atoms with van der Waals surface area (Å²) in [5, 5.41) is 8.10. The van der Waals surface area contributed by atoms with Crippen LogP contribution >= 0.6 is 0 Å². The molecule has 0 aliphatic carbocycles. The average Bonchev–Trinajstić information content (AvgIpc) is 3.75. The number of piperidine rings is 1. The standard InChI is InChI=1S/C37H52N6O9/c1-22-18-29-35(49)51-21-26(39-30(44)25(19-24-12-7-6-8-13-24)40-36(50)52-37(3,4)5)33(47)42-17-11-15-28(42)34(48)41-16-10-9-14-27(41)31(45)38-23(2)32(46)43(29)20-22/h6-8,12-13,22-23,25-29H,9-11,14-21H2,1-5H3,(H,38,45)(H,39,44)(H,40,50)/t22-,23+,25+,26+,27+,28+,29+/m1/s1. The second-order valence-corrected chi connectivity index (χ2v) is 15.4. The van der Waals surface area contributed by atoms with Gasteiger partial charge in [0.15, 0.2) is 0 Å². The number of hydrogen-bond donors (Lipinski definition) is 3. The van der Waals surface area contributed by atoms with Gasteiger partial charge in [0.2, 0.25) is 29.5 Å². The number of alkyl carbamates (subject to hydrolysis) is 1. The van der Waals surface area contributed by atoms with Crippen LogP contribution in [0.2, 0.25) is 0 Å². The van der Waals surface area contributed by atoms with Crippen LogP contribution in [0.5, 0.6) is 0 Å². The van der Waals surface area contributed by atoms with Crippen LogP contribution in [0, 0.1) is 5.92 Å². The number of carbonyl (C=O) groups is 7. The summed E-state index contributed by atoms with van der Waals surface area (Å²) in [5.41, 5.74) is -0.115. The van der Waals surface area contributed by atoms with Gasteiger partial charge in [-0.05, 0) is 77.7 Å². The van der Waals surface area contributed by atoms with Crippen molar-refractivity contribution in [2.75, 3.05) is 26.2 Å². The molecule has 284 valence electrons. The first-order valence-corrected chi connectivity index (χ1v) is 18.3. The molecule has 15 heteroatoms. The van der Waals surface area contributed by atoms with E-state index in [0.717, 1.165) is 5.56 Å². The van der Waals surface area contributed by atoms with Crippen LogP contribution in [-0.4, -0.2) is 124 Å². The molecule has 4 aliphatic heterocycles. The summed E-state index contributed by atoms with van der Waals surface area (Å²) in [6.45, 7) is 8.75. The van der Waals surface area contributed by atoms with Crippen LogP contribution in [0.15, 0.2) is 30.3 Å². The highest BCUT2D eigenvalue weighted by molar-refractivity contribution is 5.97. The number of fused-ring (bicyclic) bond motifs is 3. The van der Waals surface area contributed by atoms with Crippen molar-refractivity contribution in [2.45, 2.75) is 121 Å².